The largest absolute Gasteiger partial charge is 0.494 e. The van der Waals surface area contributed by atoms with Crippen LogP contribution in [0.5, 0.6) is 5.75 Å². The lowest BCUT2D eigenvalue weighted by molar-refractivity contribution is -0.138. The van der Waals surface area contributed by atoms with E-state index in [1.807, 2.05) is 0 Å². The average molecular weight is 478 g/mol. The number of hydrogen-bond acceptors (Lipinski definition) is 7. The molecule has 0 bridgehead atoms. The van der Waals surface area contributed by atoms with E-state index in [-0.39, 0.29) is 17.9 Å². The summed E-state index contributed by atoms with van der Waals surface area (Å²) in [6, 6.07) is 12.8. The molecular formula is C21H27N5O6S. The van der Waals surface area contributed by atoms with Crippen molar-refractivity contribution < 1.29 is 27.9 Å². The van der Waals surface area contributed by atoms with E-state index in [9.17, 15) is 23.1 Å². The molecule has 0 spiro atoms. The van der Waals surface area contributed by atoms with Crippen LogP contribution in [-0.2, 0) is 19.6 Å². The maximum atomic E-state index is 12.3. The number of hydrazone groups is 1. The van der Waals surface area contributed by atoms with Gasteiger partial charge in [0, 0.05) is 25.6 Å². The molecule has 11 nitrogen and oxygen atoms in total. The minimum absolute atomic E-state index is 0.0650. The molecule has 33 heavy (non-hydrogen) atoms. The molecule has 0 saturated carbocycles. The summed E-state index contributed by atoms with van der Waals surface area (Å²) < 4.78 is 32.3. The molecule has 2 rings (SSSR count). The Morgan fingerprint density at radius 3 is 2.39 bits per heavy atom. The summed E-state index contributed by atoms with van der Waals surface area (Å²) in [6.45, 7) is -0.131. The number of nitrogens with one attached hydrogen (secondary N) is 3. The van der Waals surface area contributed by atoms with Crippen LogP contribution >= 0.6 is 0 Å². The first-order valence-electron chi connectivity index (χ1n) is 10.0. The lowest BCUT2D eigenvalue weighted by Gasteiger charge is -2.15. The zero-order chi connectivity index (χ0) is 24.3. The van der Waals surface area contributed by atoms with Crippen LogP contribution in [0, 0.1) is 0 Å². The Labute approximate surface area is 192 Å². The molecule has 0 radical (unpaired) electrons. The van der Waals surface area contributed by atoms with Crippen molar-refractivity contribution in [2.45, 2.75) is 23.8 Å². The first-order chi connectivity index (χ1) is 15.7. The van der Waals surface area contributed by atoms with Crippen LogP contribution in [0.1, 0.15) is 18.4 Å². The average Bonchev–Trinajstić information content (AvgIpc) is 2.80. The molecule has 2 aromatic carbocycles. The molecule has 0 saturated heterocycles. The molecule has 0 unspecified atom stereocenters. The summed E-state index contributed by atoms with van der Waals surface area (Å²) >= 11 is 0. The van der Waals surface area contributed by atoms with Crippen molar-refractivity contribution in [1.29, 1.82) is 0 Å². The topological polar surface area (TPSA) is 172 Å². The van der Waals surface area contributed by atoms with Gasteiger partial charge in [0.05, 0.1) is 11.5 Å². The number of rotatable bonds is 13. The van der Waals surface area contributed by atoms with E-state index in [0.717, 1.165) is 5.56 Å². The lowest BCUT2D eigenvalue weighted by atomic mass is 10.2. The molecule has 1 amide bonds. The molecule has 6 N–H and O–H groups in total. The van der Waals surface area contributed by atoms with Gasteiger partial charge in [-0.3, -0.25) is 9.59 Å². The summed E-state index contributed by atoms with van der Waals surface area (Å²) in [5, 5.41) is 15.6. The lowest BCUT2D eigenvalue weighted by Crippen LogP contribution is -2.48. The second-order valence-electron chi connectivity index (χ2n) is 6.83. The van der Waals surface area contributed by atoms with Crippen molar-refractivity contribution in [1.82, 2.24) is 15.5 Å². The van der Waals surface area contributed by atoms with Gasteiger partial charge in [-0.2, -0.15) is 9.82 Å². The van der Waals surface area contributed by atoms with Gasteiger partial charge in [-0.25, -0.2) is 8.42 Å². The number of nitrogens with two attached hydrogens (primary N) is 1. The van der Waals surface area contributed by atoms with Crippen molar-refractivity contribution in [3.8, 4) is 5.75 Å². The van der Waals surface area contributed by atoms with E-state index in [1.54, 1.807) is 37.4 Å². The highest BCUT2D eigenvalue weighted by Crippen LogP contribution is 2.12. The van der Waals surface area contributed by atoms with Crippen LogP contribution < -0.4 is 25.9 Å². The van der Waals surface area contributed by atoms with E-state index in [1.165, 1.54) is 24.3 Å². The van der Waals surface area contributed by atoms with Gasteiger partial charge in [-0.15, -0.1) is 0 Å². The first kappa shape index (κ1) is 25.6. The Kier molecular flexibility index (Phi) is 9.63. The smallest absolute Gasteiger partial charge is 0.323 e. The van der Waals surface area contributed by atoms with Gasteiger partial charge in [0.1, 0.15) is 11.8 Å². The van der Waals surface area contributed by atoms with Crippen LogP contribution in [0.3, 0.4) is 0 Å². The molecule has 12 heteroatoms. The number of carbonyl (C=O) groups excluding carboxylic acids is 1. The molecule has 2 aromatic rings. The van der Waals surface area contributed by atoms with Crippen LogP contribution in [0.25, 0.3) is 0 Å². The van der Waals surface area contributed by atoms with Gasteiger partial charge in [-0.05, 0) is 42.8 Å². The van der Waals surface area contributed by atoms with Gasteiger partial charge in [0.2, 0.25) is 15.9 Å². The molecule has 0 aliphatic carbocycles. The number of ether oxygens (including phenoxy) is 1. The van der Waals surface area contributed by atoms with Crippen LogP contribution in [0.15, 0.2) is 64.6 Å². The standard InChI is InChI=1S/C21H27N5O6S/c1-23-25-20(22)15-9-11-16(12-10-15)32-13-5-8-19(27)24-14-18(21(28)29)26-33(30,31)17-6-3-2-4-7-17/h2-4,6-7,9-12,18,23,26H,5,8,13-14H2,1H3,(H2,22,25)(H,24,27)(H,28,29)/t18-/m0/s1. The second-order valence-corrected chi connectivity index (χ2v) is 8.54. The third kappa shape index (κ3) is 8.43. The summed E-state index contributed by atoms with van der Waals surface area (Å²) in [5.74, 6) is -0.888. The molecular weight excluding hydrogens is 450 g/mol. The normalized spacial score (nSPS) is 12.6. The Balaban J connectivity index is 1.76. The number of aliphatic carboxylic acids is 1. The fourth-order valence-corrected chi connectivity index (χ4v) is 3.88. The summed E-state index contributed by atoms with van der Waals surface area (Å²) in [7, 11) is -2.39. The van der Waals surface area contributed by atoms with Crippen LogP contribution in [0.4, 0.5) is 0 Å². The Morgan fingerprint density at radius 2 is 1.79 bits per heavy atom. The van der Waals surface area contributed by atoms with E-state index < -0.39 is 34.5 Å². The minimum atomic E-state index is -4.04. The van der Waals surface area contributed by atoms with Crippen molar-refractivity contribution >= 4 is 27.7 Å². The highest BCUT2D eigenvalue weighted by Gasteiger charge is 2.25. The monoisotopic (exact) mass is 477 g/mol. The molecule has 0 aliphatic rings. The molecule has 0 fully saturated rings. The Bertz CT molecular complexity index is 1060. The summed E-state index contributed by atoms with van der Waals surface area (Å²) in [5.41, 5.74) is 9.10. The number of sulfonamides is 1. The van der Waals surface area contributed by atoms with E-state index in [4.69, 9.17) is 10.5 Å². The number of benzene rings is 2. The number of nitrogens with zero attached hydrogens (tertiary/aromatic N) is 1. The number of carboxylic acid groups (broad SMARTS) is 1. The fraction of sp³-hybridized carbons (Fsp3) is 0.286. The van der Waals surface area contributed by atoms with Crippen molar-refractivity contribution in [2.24, 2.45) is 10.8 Å². The minimum Gasteiger partial charge on any atom is -0.494 e. The number of carbonyl (C=O) groups is 2. The maximum absolute atomic E-state index is 12.3. The predicted octanol–water partition coefficient (Wildman–Crippen LogP) is 0.233. The van der Waals surface area contributed by atoms with E-state index in [2.05, 4.69) is 20.6 Å². The quantitative estimate of drug-likeness (QED) is 0.118. The first-order valence-corrected chi connectivity index (χ1v) is 11.5. The SMILES string of the molecule is CNN=C(N)c1ccc(OCCCC(=O)NC[C@H](NS(=O)(=O)c2ccccc2)C(=O)O)cc1. The van der Waals surface area contributed by atoms with Gasteiger partial charge < -0.3 is 26.3 Å². The van der Waals surface area contributed by atoms with E-state index in [0.29, 0.717) is 18.0 Å². The Hall–Kier alpha value is -3.64. The fourth-order valence-electron chi connectivity index (χ4n) is 2.67. The second kappa shape index (κ2) is 12.4. The third-order valence-corrected chi connectivity index (χ3v) is 5.84. The number of amidine groups is 1. The van der Waals surface area contributed by atoms with Crippen molar-refractivity contribution in [2.75, 3.05) is 20.2 Å². The zero-order valence-corrected chi connectivity index (χ0v) is 18.8. The third-order valence-electron chi connectivity index (χ3n) is 4.35. The number of carboxylic acids is 1. The van der Waals surface area contributed by atoms with Crippen molar-refractivity contribution in [3.63, 3.8) is 0 Å². The number of hydrogen-bond donors (Lipinski definition) is 5. The summed E-state index contributed by atoms with van der Waals surface area (Å²) in [4.78, 5) is 23.4. The highest BCUT2D eigenvalue weighted by molar-refractivity contribution is 7.89. The number of amides is 1. The maximum Gasteiger partial charge on any atom is 0.323 e. The van der Waals surface area contributed by atoms with Crippen LogP contribution in [0.2, 0.25) is 0 Å². The highest BCUT2D eigenvalue weighted by atomic mass is 32.2. The molecule has 0 heterocycles. The van der Waals surface area contributed by atoms with Gasteiger partial charge in [0.15, 0.2) is 5.84 Å². The Morgan fingerprint density at radius 1 is 1.12 bits per heavy atom. The predicted molar refractivity (Wildman–Crippen MR) is 122 cm³/mol. The van der Waals surface area contributed by atoms with Gasteiger partial charge in [0.25, 0.3) is 0 Å². The van der Waals surface area contributed by atoms with Gasteiger partial charge in [-0.1, -0.05) is 18.2 Å². The molecule has 1 atom stereocenters. The summed E-state index contributed by atoms with van der Waals surface area (Å²) in [6.07, 6.45) is 0.460. The van der Waals surface area contributed by atoms with Crippen molar-refractivity contribution in [3.05, 3.63) is 60.2 Å². The van der Waals surface area contributed by atoms with Crippen LogP contribution in [-0.4, -0.2) is 57.5 Å². The van der Waals surface area contributed by atoms with E-state index >= 15 is 0 Å². The molecule has 178 valence electrons. The van der Waals surface area contributed by atoms with Gasteiger partial charge >= 0.3 is 5.97 Å². The molecule has 0 aliphatic heterocycles. The molecule has 0 aromatic heterocycles. The zero-order valence-electron chi connectivity index (χ0n) is 18.0.